The fourth-order valence-corrected chi connectivity index (χ4v) is 1.92. The molecule has 1 aliphatic rings. The molecule has 1 aromatic heterocycles. The molecule has 78 valence electrons. The lowest BCUT2D eigenvalue weighted by Gasteiger charge is -2.22. The van der Waals surface area contributed by atoms with Crippen LogP contribution in [-0.2, 0) is 11.3 Å². The van der Waals surface area contributed by atoms with Gasteiger partial charge in [-0.15, -0.1) is 0 Å². The summed E-state index contributed by atoms with van der Waals surface area (Å²) in [6.07, 6.45) is 2.40. The van der Waals surface area contributed by atoms with Crippen LogP contribution in [0.4, 0.5) is 5.82 Å². The van der Waals surface area contributed by atoms with Crippen molar-refractivity contribution >= 4 is 5.82 Å². The van der Waals surface area contributed by atoms with Crippen LogP contribution >= 0.6 is 0 Å². The zero-order valence-electron chi connectivity index (χ0n) is 8.57. The third-order valence-electron chi connectivity index (χ3n) is 2.69. The highest BCUT2D eigenvalue weighted by atomic mass is 16.5. The molecule has 1 fully saturated rings. The minimum Gasteiger partial charge on any atom is -0.382 e. The first-order chi connectivity index (χ1) is 6.75. The quantitative estimate of drug-likeness (QED) is 0.771. The molecule has 0 bridgehead atoms. The van der Waals surface area contributed by atoms with Crippen molar-refractivity contribution in [1.82, 2.24) is 9.78 Å². The van der Waals surface area contributed by atoms with Crippen molar-refractivity contribution in [3.05, 3.63) is 11.8 Å². The molecule has 1 unspecified atom stereocenters. The number of rotatable bonds is 2. The second-order valence-corrected chi connectivity index (χ2v) is 3.98. The summed E-state index contributed by atoms with van der Waals surface area (Å²) in [6, 6.07) is 1.91. The van der Waals surface area contributed by atoms with Gasteiger partial charge in [0.15, 0.2) is 0 Å². The molecule has 0 saturated carbocycles. The van der Waals surface area contributed by atoms with Gasteiger partial charge in [0.2, 0.25) is 0 Å². The maximum Gasteiger partial charge on any atom is 0.145 e. The van der Waals surface area contributed by atoms with E-state index in [1.54, 1.807) is 0 Å². The summed E-state index contributed by atoms with van der Waals surface area (Å²) in [5.41, 5.74) is 6.75. The number of aryl methyl sites for hydroxylation is 1. The minimum absolute atomic E-state index is 0.599. The highest BCUT2D eigenvalue weighted by Gasteiger charge is 2.15. The number of nitrogens with two attached hydrogens (primary N) is 1. The molecule has 0 amide bonds. The van der Waals surface area contributed by atoms with E-state index in [9.17, 15) is 0 Å². The number of nitrogens with zero attached hydrogens (tertiary/aromatic N) is 2. The van der Waals surface area contributed by atoms with Crippen LogP contribution in [0.2, 0.25) is 0 Å². The third kappa shape index (κ3) is 2.07. The van der Waals surface area contributed by atoms with Crippen molar-refractivity contribution < 1.29 is 4.74 Å². The standard InChI is InChI=1S/C10H17N3O/c1-8-5-10(11)12-13(8)6-9-3-2-4-14-7-9/h5,9H,2-4,6-7H2,1H3,(H2,11,12). The monoisotopic (exact) mass is 195 g/mol. The van der Waals surface area contributed by atoms with Crippen LogP contribution in [0.25, 0.3) is 0 Å². The van der Waals surface area contributed by atoms with Gasteiger partial charge in [-0.1, -0.05) is 0 Å². The molecular formula is C10H17N3O. The molecule has 2 heterocycles. The molecule has 2 rings (SSSR count). The van der Waals surface area contributed by atoms with E-state index in [1.807, 2.05) is 17.7 Å². The Bertz CT molecular complexity index is 302. The molecule has 1 saturated heterocycles. The zero-order chi connectivity index (χ0) is 9.97. The van der Waals surface area contributed by atoms with Crippen molar-refractivity contribution in [2.75, 3.05) is 18.9 Å². The van der Waals surface area contributed by atoms with Gasteiger partial charge in [0, 0.05) is 30.8 Å². The first-order valence-electron chi connectivity index (χ1n) is 5.13. The number of nitrogen functional groups attached to an aromatic ring is 1. The van der Waals surface area contributed by atoms with Crippen LogP contribution < -0.4 is 5.73 Å². The summed E-state index contributed by atoms with van der Waals surface area (Å²) in [6.45, 7) is 4.74. The summed E-state index contributed by atoms with van der Waals surface area (Å²) in [5, 5.41) is 4.24. The Kier molecular flexibility index (Phi) is 2.72. The minimum atomic E-state index is 0.599. The lowest BCUT2D eigenvalue weighted by atomic mass is 10.0. The van der Waals surface area contributed by atoms with E-state index in [0.29, 0.717) is 11.7 Å². The Morgan fingerprint density at radius 3 is 3.14 bits per heavy atom. The Morgan fingerprint density at radius 2 is 2.57 bits per heavy atom. The molecule has 0 radical (unpaired) electrons. The highest BCUT2D eigenvalue weighted by molar-refractivity contribution is 5.28. The summed E-state index contributed by atoms with van der Waals surface area (Å²) >= 11 is 0. The maximum atomic E-state index is 5.62. The fourth-order valence-electron chi connectivity index (χ4n) is 1.92. The largest absolute Gasteiger partial charge is 0.382 e. The molecular weight excluding hydrogens is 178 g/mol. The van der Waals surface area contributed by atoms with Gasteiger partial charge in [0.1, 0.15) is 5.82 Å². The van der Waals surface area contributed by atoms with E-state index in [1.165, 1.54) is 12.8 Å². The van der Waals surface area contributed by atoms with Gasteiger partial charge >= 0.3 is 0 Å². The number of ether oxygens (including phenoxy) is 1. The second-order valence-electron chi connectivity index (χ2n) is 3.98. The van der Waals surface area contributed by atoms with Crippen molar-refractivity contribution in [2.24, 2.45) is 5.92 Å². The third-order valence-corrected chi connectivity index (χ3v) is 2.69. The van der Waals surface area contributed by atoms with Crippen LogP contribution in [0.3, 0.4) is 0 Å². The number of anilines is 1. The molecule has 4 heteroatoms. The SMILES string of the molecule is Cc1cc(N)nn1CC1CCCOC1. The molecule has 4 nitrogen and oxygen atoms in total. The molecule has 2 N–H and O–H groups in total. The van der Waals surface area contributed by atoms with Gasteiger partial charge in [-0.05, 0) is 19.8 Å². The average molecular weight is 195 g/mol. The highest BCUT2D eigenvalue weighted by Crippen LogP contribution is 2.16. The van der Waals surface area contributed by atoms with Crippen molar-refractivity contribution in [2.45, 2.75) is 26.3 Å². The first-order valence-corrected chi connectivity index (χ1v) is 5.13. The lowest BCUT2D eigenvalue weighted by molar-refractivity contribution is 0.0468. The summed E-state index contributed by atoms with van der Waals surface area (Å²) < 4.78 is 7.41. The van der Waals surface area contributed by atoms with Crippen molar-refractivity contribution in [3.63, 3.8) is 0 Å². The Balaban J connectivity index is 1.98. The zero-order valence-corrected chi connectivity index (χ0v) is 8.57. The molecule has 1 aliphatic heterocycles. The van der Waals surface area contributed by atoms with E-state index in [0.717, 1.165) is 25.5 Å². The van der Waals surface area contributed by atoms with Crippen molar-refractivity contribution in [3.8, 4) is 0 Å². The maximum absolute atomic E-state index is 5.62. The predicted molar refractivity (Wildman–Crippen MR) is 54.9 cm³/mol. The molecule has 1 aromatic rings. The summed E-state index contributed by atoms with van der Waals surface area (Å²) in [5.74, 6) is 1.21. The number of hydrogen-bond donors (Lipinski definition) is 1. The average Bonchev–Trinajstić information content (AvgIpc) is 2.47. The molecule has 14 heavy (non-hydrogen) atoms. The second kappa shape index (κ2) is 4.00. The Labute approximate surface area is 84.0 Å². The predicted octanol–water partition coefficient (Wildman–Crippen LogP) is 1.20. The number of hydrogen-bond acceptors (Lipinski definition) is 3. The smallest absolute Gasteiger partial charge is 0.145 e. The first kappa shape index (κ1) is 9.52. The normalized spacial score (nSPS) is 22.5. The van der Waals surface area contributed by atoms with E-state index in [2.05, 4.69) is 5.10 Å². The van der Waals surface area contributed by atoms with Gasteiger partial charge in [0.05, 0.1) is 6.61 Å². The summed E-state index contributed by atoms with van der Waals surface area (Å²) in [7, 11) is 0. The van der Waals surface area contributed by atoms with E-state index in [4.69, 9.17) is 10.5 Å². The van der Waals surface area contributed by atoms with Crippen molar-refractivity contribution in [1.29, 1.82) is 0 Å². The van der Waals surface area contributed by atoms with Crippen LogP contribution in [0.5, 0.6) is 0 Å². The van der Waals surface area contributed by atoms with Crippen LogP contribution in [0, 0.1) is 12.8 Å². The summed E-state index contributed by atoms with van der Waals surface area (Å²) in [4.78, 5) is 0. The van der Waals surface area contributed by atoms with E-state index in [-0.39, 0.29) is 0 Å². The van der Waals surface area contributed by atoms with Gasteiger partial charge in [-0.3, -0.25) is 4.68 Å². The van der Waals surface area contributed by atoms with E-state index < -0.39 is 0 Å². The van der Waals surface area contributed by atoms with Gasteiger partial charge in [-0.2, -0.15) is 5.10 Å². The Morgan fingerprint density at radius 1 is 1.71 bits per heavy atom. The molecule has 0 spiro atoms. The molecule has 1 atom stereocenters. The Hall–Kier alpha value is -1.03. The van der Waals surface area contributed by atoms with Crippen LogP contribution in [-0.4, -0.2) is 23.0 Å². The topological polar surface area (TPSA) is 53.1 Å². The van der Waals surface area contributed by atoms with E-state index >= 15 is 0 Å². The van der Waals surface area contributed by atoms with Gasteiger partial charge in [0.25, 0.3) is 0 Å². The van der Waals surface area contributed by atoms with Crippen LogP contribution in [0.15, 0.2) is 6.07 Å². The number of aromatic nitrogens is 2. The lowest BCUT2D eigenvalue weighted by Crippen LogP contribution is -2.23. The molecule has 0 aromatic carbocycles. The van der Waals surface area contributed by atoms with Gasteiger partial charge in [-0.25, -0.2) is 0 Å². The van der Waals surface area contributed by atoms with Crippen LogP contribution in [0.1, 0.15) is 18.5 Å². The van der Waals surface area contributed by atoms with Gasteiger partial charge < -0.3 is 10.5 Å². The molecule has 0 aliphatic carbocycles. The fraction of sp³-hybridized carbons (Fsp3) is 0.700.